The minimum atomic E-state index is -5.75. The molecule has 0 fully saturated rings. The van der Waals surface area contributed by atoms with Gasteiger partial charge in [0.2, 0.25) is 0 Å². The zero-order valence-corrected chi connectivity index (χ0v) is 9.70. The number of nitro groups is 1. The van der Waals surface area contributed by atoms with Gasteiger partial charge in [0.15, 0.2) is 0 Å². The predicted octanol–water partition coefficient (Wildman–Crippen LogP) is 3.34. The Bertz CT molecular complexity index is 576. The number of nitriles is 1. The van der Waals surface area contributed by atoms with Gasteiger partial charge in [-0.05, 0) is 12.1 Å². The van der Waals surface area contributed by atoms with E-state index in [1.54, 1.807) is 0 Å². The molecule has 0 bridgehead atoms. The van der Waals surface area contributed by atoms with Gasteiger partial charge in [0.25, 0.3) is 11.8 Å². The Labute approximate surface area is 112 Å². The number of nitrogens with zero attached hydrogens (tertiary/aromatic N) is 2. The lowest BCUT2D eigenvalue weighted by Gasteiger charge is -2.23. The minimum absolute atomic E-state index is 0.322. The zero-order chi connectivity index (χ0) is 16.4. The summed E-state index contributed by atoms with van der Waals surface area (Å²) in [6.45, 7) is 0. The molecule has 0 N–H and O–H groups in total. The highest BCUT2D eigenvalue weighted by atomic mass is 19.4. The Morgan fingerprint density at radius 3 is 2.10 bits per heavy atom. The smallest absolute Gasteiger partial charge is 0.434 e. The molecule has 21 heavy (non-hydrogen) atoms. The summed E-state index contributed by atoms with van der Waals surface area (Å²) in [4.78, 5) is 9.44. The number of rotatable bonds is 3. The first-order chi connectivity index (χ1) is 9.46. The van der Waals surface area contributed by atoms with Gasteiger partial charge in [-0.2, -0.15) is 31.6 Å². The van der Waals surface area contributed by atoms with E-state index < -0.39 is 40.4 Å². The van der Waals surface area contributed by atoms with Crippen LogP contribution in [0.5, 0.6) is 5.75 Å². The van der Waals surface area contributed by atoms with Gasteiger partial charge in [0.1, 0.15) is 17.4 Å². The van der Waals surface area contributed by atoms with Crippen LogP contribution in [0.3, 0.4) is 0 Å². The third kappa shape index (κ3) is 3.98. The number of alkyl halides is 6. The number of ether oxygens (including phenoxy) is 1. The quantitative estimate of drug-likeness (QED) is 0.487. The monoisotopic (exact) mass is 314 g/mol. The standard InChI is InChI=1S/C10H4F6N2O3/c11-9(12,13)8(10(14,15)16)21-6-2-1-5(4-17)7(3-6)18(19)20/h1-3,8H. The Morgan fingerprint density at radius 2 is 1.71 bits per heavy atom. The van der Waals surface area contributed by atoms with Crippen molar-refractivity contribution in [2.75, 3.05) is 0 Å². The molecule has 0 radical (unpaired) electrons. The van der Waals surface area contributed by atoms with E-state index in [0.717, 1.165) is 0 Å². The van der Waals surface area contributed by atoms with Crippen LogP contribution in [0.2, 0.25) is 0 Å². The second-order valence-corrected chi connectivity index (χ2v) is 3.63. The molecule has 0 amide bonds. The highest BCUT2D eigenvalue weighted by Crippen LogP contribution is 2.37. The lowest BCUT2D eigenvalue weighted by atomic mass is 10.2. The van der Waals surface area contributed by atoms with Gasteiger partial charge in [-0.3, -0.25) is 10.1 Å². The van der Waals surface area contributed by atoms with Crippen LogP contribution in [0.25, 0.3) is 0 Å². The van der Waals surface area contributed by atoms with Gasteiger partial charge in [-0.15, -0.1) is 0 Å². The van der Waals surface area contributed by atoms with Gasteiger partial charge in [-0.25, -0.2) is 0 Å². The van der Waals surface area contributed by atoms with E-state index in [-0.39, 0.29) is 0 Å². The van der Waals surface area contributed by atoms with Crippen LogP contribution >= 0.6 is 0 Å². The maximum absolute atomic E-state index is 12.3. The van der Waals surface area contributed by atoms with Gasteiger partial charge in [0, 0.05) is 0 Å². The summed E-state index contributed by atoms with van der Waals surface area (Å²) >= 11 is 0. The first-order valence-corrected chi connectivity index (χ1v) is 4.95. The summed E-state index contributed by atoms with van der Waals surface area (Å²) < 4.78 is 77.4. The molecule has 1 aromatic carbocycles. The summed E-state index contributed by atoms with van der Waals surface area (Å²) in [5, 5.41) is 19.1. The third-order valence-corrected chi connectivity index (χ3v) is 2.13. The number of halogens is 6. The van der Waals surface area contributed by atoms with E-state index in [9.17, 15) is 36.5 Å². The predicted molar refractivity (Wildman–Crippen MR) is 54.3 cm³/mol. The van der Waals surface area contributed by atoms with Gasteiger partial charge in [-0.1, -0.05) is 0 Å². The average Bonchev–Trinajstić information content (AvgIpc) is 2.32. The topological polar surface area (TPSA) is 76.2 Å². The van der Waals surface area contributed by atoms with E-state index in [2.05, 4.69) is 4.74 Å². The van der Waals surface area contributed by atoms with Gasteiger partial charge < -0.3 is 4.74 Å². The summed E-state index contributed by atoms with van der Waals surface area (Å²) in [6, 6.07) is 3.00. The van der Waals surface area contributed by atoms with Crippen molar-refractivity contribution in [2.45, 2.75) is 18.5 Å². The molecule has 0 aliphatic rings. The van der Waals surface area contributed by atoms with Crippen LogP contribution in [0, 0.1) is 21.4 Å². The van der Waals surface area contributed by atoms with Crippen LogP contribution in [0.15, 0.2) is 18.2 Å². The fourth-order valence-electron chi connectivity index (χ4n) is 1.29. The average molecular weight is 314 g/mol. The van der Waals surface area contributed by atoms with E-state index in [1.807, 2.05) is 0 Å². The molecular formula is C10H4F6N2O3. The van der Waals surface area contributed by atoms with Crippen molar-refractivity contribution in [1.29, 1.82) is 5.26 Å². The fraction of sp³-hybridized carbons (Fsp3) is 0.300. The first-order valence-electron chi connectivity index (χ1n) is 4.95. The van der Waals surface area contributed by atoms with Crippen molar-refractivity contribution in [1.82, 2.24) is 0 Å². The van der Waals surface area contributed by atoms with E-state index in [0.29, 0.717) is 18.2 Å². The lowest BCUT2D eigenvalue weighted by Crippen LogP contribution is -2.46. The molecule has 0 aromatic heterocycles. The molecule has 1 rings (SSSR count). The van der Waals surface area contributed by atoms with Gasteiger partial charge >= 0.3 is 12.4 Å². The largest absolute Gasteiger partial charge is 0.471 e. The summed E-state index contributed by atoms with van der Waals surface area (Å²) in [7, 11) is 0. The molecule has 0 heterocycles. The Hall–Kier alpha value is -2.51. The van der Waals surface area contributed by atoms with Crippen molar-refractivity contribution in [3.63, 3.8) is 0 Å². The van der Waals surface area contributed by atoms with Crippen LogP contribution in [-0.2, 0) is 0 Å². The highest BCUT2D eigenvalue weighted by molar-refractivity contribution is 5.52. The van der Waals surface area contributed by atoms with E-state index >= 15 is 0 Å². The maximum atomic E-state index is 12.3. The molecule has 5 nitrogen and oxygen atoms in total. The van der Waals surface area contributed by atoms with Crippen LogP contribution in [0.4, 0.5) is 32.0 Å². The number of hydrogen-bond acceptors (Lipinski definition) is 4. The Morgan fingerprint density at radius 1 is 1.19 bits per heavy atom. The van der Waals surface area contributed by atoms with Crippen LogP contribution in [0.1, 0.15) is 5.56 Å². The van der Waals surface area contributed by atoms with Crippen molar-refractivity contribution in [3.05, 3.63) is 33.9 Å². The molecule has 1 aromatic rings. The number of nitro benzene ring substituents is 1. The molecule has 0 saturated carbocycles. The second-order valence-electron chi connectivity index (χ2n) is 3.63. The highest BCUT2D eigenvalue weighted by Gasteiger charge is 2.59. The van der Waals surface area contributed by atoms with Crippen molar-refractivity contribution in [3.8, 4) is 11.8 Å². The Balaban J connectivity index is 3.21. The normalized spacial score (nSPS) is 12.1. The first kappa shape index (κ1) is 16.5. The molecule has 0 unspecified atom stereocenters. The van der Waals surface area contributed by atoms with Gasteiger partial charge in [0.05, 0.1) is 11.0 Å². The second kappa shape index (κ2) is 5.47. The molecular weight excluding hydrogens is 310 g/mol. The molecule has 0 atom stereocenters. The lowest BCUT2D eigenvalue weighted by molar-refractivity contribution is -0.385. The van der Waals surface area contributed by atoms with Crippen LogP contribution < -0.4 is 4.74 Å². The summed E-state index contributed by atoms with van der Waals surface area (Å²) in [5.41, 5.74) is -1.49. The van der Waals surface area contributed by atoms with E-state index in [1.165, 1.54) is 6.07 Å². The SMILES string of the molecule is N#Cc1ccc(OC(C(F)(F)F)C(F)(F)F)cc1[N+](=O)[O-]. The van der Waals surface area contributed by atoms with Crippen molar-refractivity contribution >= 4 is 5.69 Å². The fourth-order valence-corrected chi connectivity index (χ4v) is 1.29. The minimum Gasteiger partial charge on any atom is -0.471 e. The third-order valence-electron chi connectivity index (χ3n) is 2.13. The van der Waals surface area contributed by atoms with E-state index in [4.69, 9.17) is 5.26 Å². The number of hydrogen-bond donors (Lipinski definition) is 0. The molecule has 0 spiro atoms. The van der Waals surface area contributed by atoms with Crippen molar-refractivity contribution < 1.29 is 36.0 Å². The summed E-state index contributed by atoms with van der Waals surface area (Å²) in [5.74, 6) is -1.03. The Kier molecular flexibility index (Phi) is 4.31. The van der Waals surface area contributed by atoms with Crippen molar-refractivity contribution in [2.24, 2.45) is 0 Å². The molecule has 0 aliphatic carbocycles. The number of benzene rings is 1. The molecule has 11 heteroatoms. The van der Waals surface area contributed by atoms with Crippen LogP contribution in [-0.4, -0.2) is 23.4 Å². The summed E-state index contributed by atoms with van der Waals surface area (Å²) in [6.07, 6.45) is -15.6. The maximum Gasteiger partial charge on any atom is 0.434 e. The molecule has 0 saturated heterocycles. The zero-order valence-electron chi connectivity index (χ0n) is 9.70. The molecule has 0 aliphatic heterocycles. The molecule has 114 valence electrons.